The summed E-state index contributed by atoms with van der Waals surface area (Å²) in [5.74, 6) is 0.613. The summed E-state index contributed by atoms with van der Waals surface area (Å²) >= 11 is 6.48. The number of amides is 1. The van der Waals surface area contributed by atoms with Crippen LogP contribution in [0.25, 0.3) is 0 Å². The molecule has 0 fully saturated rings. The Labute approximate surface area is 257 Å². The maximum Gasteiger partial charge on any atom is 0.247 e. The number of methoxy groups -OCH3 is 1. The third-order valence-electron chi connectivity index (χ3n) is 6.95. The number of sulfonamides is 1. The van der Waals surface area contributed by atoms with Gasteiger partial charge in [0.15, 0.2) is 5.82 Å². The quantitative estimate of drug-likeness (QED) is 0.233. The van der Waals surface area contributed by atoms with Crippen molar-refractivity contribution in [2.24, 2.45) is 0 Å². The molecule has 0 aliphatic carbocycles. The first-order valence-electron chi connectivity index (χ1n) is 13.7. The van der Waals surface area contributed by atoms with E-state index in [4.69, 9.17) is 16.3 Å². The van der Waals surface area contributed by atoms with Crippen LogP contribution in [0.1, 0.15) is 12.5 Å². The number of hydrogen-bond donors (Lipinski definition) is 3. The van der Waals surface area contributed by atoms with Crippen molar-refractivity contribution in [3.8, 4) is 5.75 Å². The van der Waals surface area contributed by atoms with Gasteiger partial charge in [0.1, 0.15) is 10.8 Å². The molecule has 0 bridgehead atoms. The molecule has 43 heavy (non-hydrogen) atoms. The number of aromatic nitrogens is 2. The fraction of sp³-hybridized carbons (Fsp3) is 0.345. The van der Waals surface area contributed by atoms with Gasteiger partial charge in [-0.3, -0.25) is 9.10 Å². The van der Waals surface area contributed by atoms with E-state index in [1.165, 1.54) is 16.6 Å². The zero-order valence-electron chi connectivity index (χ0n) is 24.9. The Morgan fingerprint density at radius 3 is 2.60 bits per heavy atom. The van der Waals surface area contributed by atoms with Crippen LogP contribution in [0.2, 0.25) is 5.02 Å². The monoisotopic (exact) mass is 628 g/mol. The molecular formula is C29H37ClN8O4S. The SMILES string of the molecule is C=CC(=O)Nc1cc(Nc2ncc(Cl)c(Nc3cccc4c3N(S(=O)(=O)CC)CC4)n2)c(OC)cc1N(C)CCN(C)C. The van der Waals surface area contributed by atoms with Crippen molar-refractivity contribution >= 4 is 67.7 Å². The fourth-order valence-electron chi connectivity index (χ4n) is 4.63. The van der Waals surface area contributed by atoms with Crippen molar-refractivity contribution in [3.63, 3.8) is 0 Å². The highest BCUT2D eigenvalue weighted by Crippen LogP contribution is 2.41. The van der Waals surface area contributed by atoms with Gasteiger partial charge < -0.3 is 30.5 Å². The third kappa shape index (κ3) is 7.29. The van der Waals surface area contributed by atoms with Crippen LogP contribution in [0.4, 0.5) is 40.2 Å². The van der Waals surface area contributed by atoms with Gasteiger partial charge in [-0.15, -0.1) is 0 Å². The molecule has 2 heterocycles. The Bertz CT molecular complexity index is 1620. The number of fused-ring (bicyclic) bond motifs is 1. The molecule has 0 radical (unpaired) electrons. The summed E-state index contributed by atoms with van der Waals surface area (Å²) in [5.41, 5.74) is 3.87. The topological polar surface area (TPSA) is 132 Å². The minimum Gasteiger partial charge on any atom is -0.494 e. The van der Waals surface area contributed by atoms with Gasteiger partial charge >= 0.3 is 0 Å². The maximum absolute atomic E-state index is 12.8. The van der Waals surface area contributed by atoms with Gasteiger partial charge in [0.2, 0.25) is 21.9 Å². The average Bonchev–Trinajstić information content (AvgIpc) is 3.44. The first-order valence-corrected chi connectivity index (χ1v) is 15.7. The molecule has 4 rings (SSSR count). The van der Waals surface area contributed by atoms with Crippen LogP contribution in [0, 0.1) is 0 Å². The van der Waals surface area contributed by atoms with Crippen LogP contribution in [-0.2, 0) is 21.2 Å². The normalized spacial score (nSPS) is 12.6. The van der Waals surface area contributed by atoms with Crippen LogP contribution in [0.5, 0.6) is 5.75 Å². The van der Waals surface area contributed by atoms with E-state index in [1.807, 2.05) is 44.2 Å². The second kappa shape index (κ2) is 13.5. The molecule has 0 spiro atoms. The van der Waals surface area contributed by atoms with Crippen LogP contribution in [-0.4, -0.2) is 82.8 Å². The Hall–Kier alpha value is -4.07. The molecule has 3 aromatic rings. The highest BCUT2D eigenvalue weighted by atomic mass is 35.5. The van der Waals surface area contributed by atoms with E-state index in [-0.39, 0.29) is 28.4 Å². The molecule has 230 valence electrons. The van der Waals surface area contributed by atoms with Gasteiger partial charge in [-0.1, -0.05) is 30.3 Å². The van der Waals surface area contributed by atoms with Gasteiger partial charge in [-0.25, -0.2) is 13.4 Å². The Morgan fingerprint density at radius 2 is 1.93 bits per heavy atom. The van der Waals surface area contributed by atoms with E-state index >= 15 is 0 Å². The summed E-state index contributed by atoms with van der Waals surface area (Å²) in [6, 6.07) is 9.12. The molecule has 14 heteroatoms. The van der Waals surface area contributed by atoms with E-state index < -0.39 is 10.0 Å². The number of ether oxygens (including phenoxy) is 1. The zero-order chi connectivity index (χ0) is 31.3. The fourth-order valence-corrected chi connectivity index (χ4v) is 5.94. The molecular weight excluding hydrogens is 592 g/mol. The lowest BCUT2D eigenvalue weighted by Gasteiger charge is -2.26. The Kier molecular flexibility index (Phi) is 9.99. The number of hydrogen-bond acceptors (Lipinski definition) is 10. The van der Waals surface area contributed by atoms with Gasteiger partial charge in [0.05, 0.1) is 47.5 Å². The number of carbonyl (C=O) groups excluding carboxylic acids is 1. The van der Waals surface area contributed by atoms with Gasteiger partial charge in [0.25, 0.3) is 0 Å². The minimum absolute atomic E-state index is 0.00951. The first-order chi connectivity index (χ1) is 20.5. The second-order valence-electron chi connectivity index (χ2n) is 10.2. The number of carbonyl (C=O) groups is 1. The van der Waals surface area contributed by atoms with Gasteiger partial charge in [-0.05, 0) is 51.2 Å². The lowest BCUT2D eigenvalue weighted by molar-refractivity contribution is -0.111. The maximum atomic E-state index is 12.8. The number of nitrogens with one attached hydrogen (secondary N) is 3. The molecule has 0 unspecified atom stereocenters. The number of benzene rings is 2. The van der Waals surface area contributed by atoms with E-state index in [1.54, 1.807) is 26.2 Å². The smallest absolute Gasteiger partial charge is 0.247 e. The van der Waals surface area contributed by atoms with E-state index in [2.05, 4.69) is 37.4 Å². The summed E-state index contributed by atoms with van der Waals surface area (Å²) in [6.45, 7) is 7.07. The largest absolute Gasteiger partial charge is 0.494 e. The molecule has 1 aromatic heterocycles. The molecule has 0 saturated carbocycles. The van der Waals surface area contributed by atoms with Crippen molar-refractivity contribution in [1.29, 1.82) is 0 Å². The number of rotatable bonds is 13. The number of likely N-dealkylation sites (N-methyl/N-ethyl adjacent to an activating group) is 2. The lowest BCUT2D eigenvalue weighted by atomic mass is 10.1. The second-order valence-corrected chi connectivity index (χ2v) is 12.8. The van der Waals surface area contributed by atoms with Crippen LogP contribution >= 0.6 is 11.6 Å². The standard InChI is InChI=1S/C29H37ClN8O4S/c1-7-26(39)32-22-16-23(25(42-6)17-24(22)37(5)15-14-36(3)4)34-29-31-18-20(30)28(35-29)33-21-11-9-10-19-12-13-38(27(19)21)43(40,41)8-2/h7,9-11,16-18H,1,8,12-15H2,2-6H3,(H,32,39)(H2,31,33,34,35). The molecule has 0 atom stereocenters. The minimum atomic E-state index is -3.47. The molecule has 0 saturated heterocycles. The third-order valence-corrected chi connectivity index (χ3v) is 9.00. The van der Waals surface area contributed by atoms with Gasteiger partial charge in [0, 0.05) is 32.7 Å². The van der Waals surface area contributed by atoms with Crippen molar-refractivity contribution in [2.45, 2.75) is 13.3 Å². The first kappa shape index (κ1) is 31.9. The number of para-hydroxylation sites is 1. The molecule has 1 aliphatic rings. The molecule has 2 aromatic carbocycles. The molecule has 12 nitrogen and oxygen atoms in total. The summed E-state index contributed by atoms with van der Waals surface area (Å²) < 4.78 is 32.7. The van der Waals surface area contributed by atoms with Crippen LogP contribution in [0.3, 0.4) is 0 Å². The summed E-state index contributed by atoms with van der Waals surface area (Å²) in [6.07, 6.45) is 3.26. The number of nitrogens with zero attached hydrogens (tertiary/aromatic N) is 5. The summed E-state index contributed by atoms with van der Waals surface area (Å²) in [5, 5.41) is 9.48. The van der Waals surface area contributed by atoms with E-state index in [0.717, 1.165) is 17.8 Å². The summed E-state index contributed by atoms with van der Waals surface area (Å²) in [4.78, 5) is 25.3. The predicted octanol–water partition coefficient (Wildman–Crippen LogP) is 4.46. The predicted molar refractivity (Wildman–Crippen MR) is 174 cm³/mol. The zero-order valence-corrected chi connectivity index (χ0v) is 26.5. The highest BCUT2D eigenvalue weighted by Gasteiger charge is 2.30. The van der Waals surface area contributed by atoms with E-state index in [0.29, 0.717) is 48.0 Å². The lowest BCUT2D eigenvalue weighted by Crippen LogP contribution is -2.30. The molecule has 3 N–H and O–H groups in total. The number of halogens is 1. The number of anilines is 7. The van der Waals surface area contributed by atoms with E-state index in [9.17, 15) is 13.2 Å². The summed E-state index contributed by atoms with van der Waals surface area (Å²) in [7, 11) is 4.00. The van der Waals surface area contributed by atoms with Gasteiger partial charge in [-0.2, -0.15) is 4.98 Å². The van der Waals surface area contributed by atoms with Crippen molar-refractivity contribution < 1.29 is 17.9 Å². The Balaban J connectivity index is 1.68. The Morgan fingerprint density at radius 1 is 1.16 bits per heavy atom. The van der Waals surface area contributed by atoms with Crippen molar-refractivity contribution in [2.75, 3.05) is 78.8 Å². The average molecular weight is 629 g/mol. The van der Waals surface area contributed by atoms with Crippen molar-refractivity contribution in [1.82, 2.24) is 14.9 Å². The highest BCUT2D eigenvalue weighted by molar-refractivity contribution is 7.92. The molecule has 1 amide bonds. The van der Waals surface area contributed by atoms with Crippen LogP contribution in [0.15, 0.2) is 49.2 Å². The van der Waals surface area contributed by atoms with Crippen molar-refractivity contribution in [3.05, 3.63) is 59.8 Å². The molecule has 1 aliphatic heterocycles. The van der Waals surface area contributed by atoms with Crippen LogP contribution < -0.4 is 29.9 Å².